The molecular formula is C24H26N2O4. The van der Waals surface area contributed by atoms with Crippen molar-refractivity contribution in [3.8, 4) is 5.75 Å². The van der Waals surface area contributed by atoms with Crippen molar-refractivity contribution >= 4 is 23.6 Å². The molecule has 2 atom stereocenters. The molecule has 2 heterocycles. The van der Waals surface area contributed by atoms with Crippen molar-refractivity contribution in [2.45, 2.75) is 38.3 Å². The summed E-state index contributed by atoms with van der Waals surface area (Å²) in [6.45, 7) is 2.81. The molecular weight excluding hydrogens is 380 g/mol. The summed E-state index contributed by atoms with van der Waals surface area (Å²) in [6, 6.07) is 14.9. The van der Waals surface area contributed by atoms with Gasteiger partial charge in [0.05, 0.1) is 18.6 Å². The van der Waals surface area contributed by atoms with Gasteiger partial charge in [0, 0.05) is 31.5 Å². The Bertz CT molecular complexity index is 950. The van der Waals surface area contributed by atoms with Crippen molar-refractivity contribution in [3.63, 3.8) is 0 Å². The largest absolute Gasteiger partial charge is 0.491 e. The molecule has 2 aromatic rings. The summed E-state index contributed by atoms with van der Waals surface area (Å²) in [6.07, 6.45) is 6.05. The number of carbonyl (C=O) groups excluding carboxylic acids is 2. The van der Waals surface area contributed by atoms with Gasteiger partial charge in [0.15, 0.2) is 0 Å². The lowest BCUT2D eigenvalue weighted by atomic mass is 9.93. The molecule has 0 unspecified atom stereocenters. The molecule has 1 fully saturated rings. The van der Waals surface area contributed by atoms with E-state index in [0.29, 0.717) is 18.0 Å². The van der Waals surface area contributed by atoms with Crippen molar-refractivity contribution in [1.29, 1.82) is 0 Å². The number of benzene rings is 2. The van der Waals surface area contributed by atoms with Crippen molar-refractivity contribution in [1.82, 2.24) is 4.90 Å². The van der Waals surface area contributed by atoms with Crippen LogP contribution in [0.2, 0.25) is 0 Å². The summed E-state index contributed by atoms with van der Waals surface area (Å²) in [5, 5.41) is 2.94. The lowest BCUT2D eigenvalue weighted by Gasteiger charge is -2.32. The van der Waals surface area contributed by atoms with Gasteiger partial charge in [-0.15, -0.1) is 0 Å². The van der Waals surface area contributed by atoms with Crippen LogP contribution >= 0.6 is 0 Å². The molecule has 2 aliphatic heterocycles. The van der Waals surface area contributed by atoms with E-state index in [1.807, 2.05) is 54.6 Å². The molecule has 2 amide bonds. The summed E-state index contributed by atoms with van der Waals surface area (Å²) in [5.41, 5.74) is 2.66. The van der Waals surface area contributed by atoms with Gasteiger partial charge in [0.1, 0.15) is 12.4 Å². The molecule has 0 aliphatic carbocycles. The van der Waals surface area contributed by atoms with Gasteiger partial charge >= 0.3 is 0 Å². The molecule has 0 aromatic heterocycles. The Balaban J connectivity index is 1.41. The lowest BCUT2D eigenvalue weighted by molar-refractivity contribution is -0.129. The maximum absolute atomic E-state index is 12.8. The Morgan fingerprint density at radius 1 is 1.20 bits per heavy atom. The number of hydrogen-bond acceptors (Lipinski definition) is 4. The highest BCUT2D eigenvalue weighted by Gasteiger charge is 2.28. The van der Waals surface area contributed by atoms with Crippen molar-refractivity contribution < 1.29 is 19.1 Å². The van der Waals surface area contributed by atoms with E-state index in [2.05, 4.69) is 5.32 Å². The molecule has 1 N–H and O–H groups in total. The fourth-order valence-electron chi connectivity index (χ4n) is 3.93. The smallest absolute Gasteiger partial charge is 0.226 e. The Morgan fingerprint density at radius 2 is 2.07 bits per heavy atom. The van der Waals surface area contributed by atoms with Crippen LogP contribution in [0.1, 0.15) is 43.4 Å². The van der Waals surface area contributed by atoms with Gasteiger partial charge in [-0.1, -0.05) is 30.3 Å². The van der Waals surface area contributed by atoms with Gasteiger partial charge in [-0.2, -0.15) is 0 Å². The van der Waals surface area contributed by atoms with Gasteiger partial charge in [-0.25, -0.2) is 0 Å². The predicted molar refractivity (Wildman–Crippen MR) is 115 cm³/mol. The quantitative estimate of drug-likeness (QED) is 0.783. The first-order valence-electron chi connectivity index (χ1n) is 10.3. The molecule has 1 saturated heterocycles. The monoisotopic (exact) mass is 406 g/mol. The first kappa shape index (κ1) is 20.2. The second-order valence-corrected chi connectivity index (χ2v) is 7.61. The zero-order valence-corrected chi connectivity index (χ0v) is 17.0. The van der Waals surface area contributed by atoms with Gasteiger partial charge < -0.3 is 19.7 Å². The van der Waals surface area contributed by atoms with Crippen LogP contribution < -0.4 is 10.1 Å². The summed E-state index contributed by atoms with van der Waals surface area (Å²) >= 11 is 0. The first-order chi connectivity index (χ1) is 14.6. The van der Waals surface area contributed by atoms with Crippen LogP contribution in [-0.2, 0) is 14.3 Å². The standard InChI is InChI=1S/C24H26N2O4/c1-17(27)26-12-11-18-6-2-3-10-22(18)23(26)15-24(28)25-19-7-4-8-20(14-19)30-16-21-9-5-13-29-21/h2-4,6-8,10-12,14,21,23H,5,9,13,15-16H2,1H3,(H,25,28)/t21-,23-/m0/s1. The van der Waals surface area contributed by atoms with E-state index < -0.39 is 0 Å². The predicted octanol–water partition coefficient (Wildman–Crippen LogP) is 4.15. The van der Waals surface area contributed by atoms with Crippen LogP contribution in [0.15, 0.2) is 54.7 Å². The number of carbonyl (C=O) groups is 2. The van der Waals surface area contributed by atoms with Crippen molar-refractivity contribution in [2.75, 3.05) is 18.5 Å². The minimum absolute atomic E-state index is 0.0944. The Kier molecular flexibility index (Phi) is 6.14. The number of hydrogen-bond donors (Lipinski definition) is 1. The van der Waals surface area contributed by atoms with Crippen molar-refractivity contribution in [2.24, 2.45) is 0 Å². The third kappa shape index (κ3) is 4.71. The second-order valence-electron chi connectivity index (χ2n) is 7.61. The highest BCUT2D eigenvalue weighted by atomic mass is 16.5. The van der Waals surface area contributed by atoms with Gasteiger partial charge in [0.2, 0.25) is 11.8 Å². The maximum Gasteiger partial charge on any atom is 0.226 e. The number of nitrogens with one attached hydrogen (secondary N) is 1. The molecule has 0 saturated carbocycles. The maximum atomic E-state index is 12.8. The minimum atomic E-state index is -0.331. The fraction of sp³-hybridized carbons (Fsp3) is 0.333. The highest BCUT2D eigenvalue weighted by molar-refractivity contribution is 5.92. The SMILES string of the molecule is CC(=O)N1C=Cc2ccccc2[C@@H]1CC(=O)Nc1cccc(OC[C@@H]2CCCO2)c1. The Hall–Kier alpha value is -3.12. The molecule has 6 heteroatoms. The summed E-state index contributed by atoms with van der Waals surface area (Å²) in [4.78, 5) is 26.5. The molecule has 6 nitrogen and oxygen atoms in total. The topological polar surface area (TPSA) is 67.9 Å². The van der Waals surface area contributed by atoms with Crippen molar-refractivity contribution in [3.05, 3.63) is 65.9 Å². The molecule has 0 radical (unpaired) electrons. The van der Waals surface area contributed by atoms with Gasteiger partial charge in [-0.05, 0) is 42.2 Å². The van der Waals surface area contributed by atoms with Crippen LogP contribution in [-0.4, -0.2) is 36.0 Å². The van der Waals surface area contributed by atoms with E-state index in [1.54, 1.807) is 11.1 Å². The van der Waals surface area contributed by atoms with E-state index in [0.717, 1.165) is 30.6 Å². The second kappa shape index (κ2) is 9.13. The number of nitrogens with zero attached hydrogens (tertiary/aromatic N) is 1. The molecule has 0 spiro atoms. The molecule has 4 rings (SSSR count). The number of amides is 2. The number of anilines is 1. The van der Waals surface area contributed by atoms with E-state index in [-0.39, 0.29) is 30.4 Å². The fourth-order valence-corrected chi connectivity index (χ4v) is 3.93. The number of rotatable bonds is 6. The molecule has 2 aromatic carbocycles. The van der Waals surface area contributed by atoms with Crippen LogP contribution in [0.25, 0.3) is 6.08 Å². The first-order valence-corrected chi connectivity index (χ1v) is 10.3. The zero-order chi connectivity index (χ0) is 20.9. The van der Waals surface area contributed by atoms with E-state index >= 15 is 0 Å². The summed E-state index contributed by atoms with van der Waals surface area (Å²) < 4.78 is 11.4. The van der Waals surface area contributed by atoms with Crippen LogP contribution in [0, 0.1) is 0 Å². The molecule has 0 bridgehead atoms. The van der Waals surface area contributed by atoms with Crippen LogP contribution in [0.4, 0.5) is 5.69 Å². The molecule has 156 valence electrons. The Labute approximate surface area is 176 Å². The highest BCUT2D eigenvalue weighted by Crippen LogP contribution is 2.33. The number of ether oxygens (including phenoxy) is 2. The third-order valence-electron chi connectivity index (χ3n) is 5.43. The summed E-state index contributed by atoms with van der Waals surface area (Å²) in [5.74, 6) is 0.440. The van der Waals surface area contributed by atoms with E-state index in [9.17, 15) is 9.59 Å². The van der Waals surface area contributed by atoms with E-state index in [4.69, 9.17) is 9.47 Å². The lowest BCUT2D eigenvalue weighted by Crippen LogP contribution is -2.33. The Morgan fingerprint density at radius 3 is 2.87 bits per heavy atom. The van der Waals surface area contributed by atoms with Gasteiger partial charge in [-0.3, -0.25) is 9.59 Å². The summed E-state index contributed by atoms with van der Waals surface area (Å²) in [7, 11) is 0. The van der Waals surface area contributed by atoms with E-state index in [1.165, 1.54) is 6.92 Å². The van der Waals surface area contributed by atoms with Crippen LogP contribution in [0.3, 0.4) is 0 Å². The zero-order valence-electron chi connectivity index (χ0n) is 17.0. The minimum Gasteiger partial charge on any atom is -0.491 e. The average Bonchev–Trinajstić information content (AvgIpc) is 3.26. The normalized spacial score (nSPS) is 20.0. The third-order valence-corrected chi connectivity index (χ3v) is 5.43. The van der Waals surface area contributed by atoms with Crippen LogP contribution in [0.5, 0.6) is 5.75 Å². The molecule has 2 aliphatic rings. The number of fused-ring (bicyclic) bond motifs is 1. The molecule has 30 heavy (non-hydrogen) atoms. The average molecular weight is 406 g/mol. The van der Waals surface area contributed by atoms with Gasteiger partial charge in [0.25, 0.3) is 0 Å².